The van der Waals surface area contributed by atoms with Gasteiger partial charge in [0.15, 0.2) is 5.78 Å². The van der Waals surface area contributed by atoms with Crippen LogP contribution in [0.5, 0.6) is 0 Å². The van der Waals surface area contributed by atoms with Crippen LogP contribution in [0.1, 0.15) is 49.4 Å². The third-order valence-corrected chi connectivity index (χ3v) is 5.45. The van der Waals surface area contributed by atoms with Gasteiger partial charge in [-0.05, 0) is 31.9 Å². The third-order valence-electron chi connectivity index (χ3n) is 3.45. The highest BCUT2D eigenvalue weighted by Gasteiger charge is 2.22. The second-order valence-corrected chi connectivity index (χ2v) is 7.47. The van der Waals surface area contributed by atoms with Crippen LogP contribution in [0, 0.1) is 0 Å². The van der Waals surface area contributed by atoms with Crippen molar-refractivity contribution in [3.63, 3.8) is 0 Å². The Bertz CT molecular complexity index is 395. The van der Waals surface area contributed by atoms with E-state index in [0.29, 0.717) is 5.25 Å². The van der Waals surface area contributed by atoms with Crippen LogP contribution in [0.2, 0.25) is 0 Å². The Labute approximate surface area is 122 Å². The van der Waals surface area contributed by atoms with Gasteiger partial charge in [-0.1, -0.05) is 47.3 Å². The molecule has 0 spiro atoms. The molecule has 3 heteroatoms. The van der Waals surface area contributed by atoms with Gasteiger partial charge in [-0.25, -0.2) is 0 Å². The van der Waals surface area contributed by atoms with Gasteiger partial charge in [-0.15, -0.1) is 11.8 Å². The molecule has 0 amide bonds. The molecule has 1 aromatic carbocycles. The van der Waals surface area contributed by atoms with Gasteiger partial charge in [-0.2, -0.15) is 0 Å². The molecule has 2 rings (SSSR count). The Kier molecular flexibility index (Phi) is 5.31. The van der Waals surface area contributed by atoms with Crippen LogP contribution in [0.15, 0.2) is 28.7 Å². The number of hydrogen-bond acceptors (Lipinski definition) is 2. The first-order chi connectivity index (χ1) is 8.66. The molecule has 0 saturated heterocycles. The number of ketones is 1. The molecule has 1 aliphatic rings. The van der Waals surface area contributed by atoms with E-state index in [9.17, 15) is 4.79 Å². The van der Waals surface area contributed by atoms with E-state index in [2.05, 4.69) is 15.9 Å². The molecule has 0 aliphatic heterocycles. The zero-order valence-electron chi connectivity index (χ0n) is 10.7. The topological polar surface area (TPSA) is 17.1 Å². The molecule has 1 aromatic rings. The normalized spacial score (nSPS) is 18.6. The number of benzene rings is 1. The molecule has 98 valence electrons. The maximum atomic E-state index is 12.3. The summed E-state index contributed by atoms with van der Waals surface area (Å²) < 4.78 is 1.02. The van der Waals surface area contributed by atoms with Crippen molar-refractivity contribution >= 4 is 33.5 Å². The maximum Gasteiger partial charge on any atom is 0.175 e. The van der Waals surface area contributed by atoms with E-state index in [-0.39, 0.29) is 11.0 Å². The van der Waals surface area contributed by atoms with Crippen molar-refractivity contribution in [1.29, 1.82) is 0 Å². The lowest BCUT2D eigenvalue weighted by Crippen LogP contribution is -2.19. The molecule has 0 N–H and O–H groups in total. The summed E-state index contributed by atoms with van der Waals surface area (Å²) >= 11 is 5.26. The van der Waals surface area contributed by atoms with E-state index in [1.54, 1.807) is 0 Å². The van der Waals surface area contributed by atoms with Gasteiger partial charge in [0.2, 0.25) is 0 Å². The first kappa shape index (κ1) is 14.1. The lowest BCUT2D eigenvalue weighted by Gasteiger charge is -2.23. The van der Waals surface area contributed by atoms with Crippen LogP contribution in [-0.2, 0) is 0 Å². The minimum absolute atomic E-state index is 0.0780. The molecule has 1 nitrogen and oxygen atoms in total. The maximum absolute atomic E-state index is 12.3. The average Bonchev–Trinajstić information content (AvgIpc) is 2.40. The number of Topliss-reactive ketones (excluding diaryl/α,β-unsaturated/α-hetero) is 1. The Balaban J connectivity index is 1.93. The number of halogens is 1. The van der Waals surface area contributed by atoms with Crippen LogP contribution in [0.4, 0.5) is 0 Å². The third kappa shape index (κ3) is 3.86. The number of carbonyl (C=O) groups excluding carboxylic acids is 1. The van der Waals surface area contributed by atoms with Gasteiger partial charge in [0, 0.05) is 15.3 Å². The van der Waals surface area contributed by atoms with E-state index < -0.39 is 0 Å². The summed E-state index contributed by atoms with van der Waals surface area (Å²) in [7, 11) is 0. The van der Waals surface area contributed by atoms with E-state index in [1.165, 1.54) is 32.1 Å². The van der Waals surface area contributed by atoms with E-state index in [0.717, 1.165) is 10.0 Å². The molecule has 1 atom stereocenters. The quantitative estimate of drug-likeness (QED) is 0.717. The van der Waals surface area contributed by atoms with E-state index >= 15 is 0 Å². The molecule has 0 aromatic heterocycles. The van der Waals surface area contributed by atoms with Crippen molar-refractivity contribution in [3.05, 3.63) is 34.3 Å². The SMILES string of the molecule is CC(SC1CCCCC1)C(=O)c1ccc(Br)cc1. The highest BCUT2D eigenvalue weighted by molar-refractivity contribution is 9.10. The van der Waals surface area contributed by atoms with Crippen molar-refractivity contribution in [3.8, 4) is 0 Å². The van der Waals surface area contributed by atoms with Crippen molar-refractivity contribution in [2.24, 2.45) is 0 Å². The molecule has 1 saturated carbocycles. The standard InChI is InChI=1S/C15H19BrOS/c1-11(18-14-5-3-2-4-6-14)15(17)12-7-9-13(16)10-8-12/h7-11,14H,2-6H2,1H3. The van der Waals surface area contributed by atoms with Crippen LogP contribution in [0.3, 0.4) is 0 Å². The molecule has 1 aliphatic carbocycles. The Morgan fingerprint density at radius 1 is 1.22 bits per heavy atom. The highest BCUT2D eigenvalue weighted by atomic mass is 79.9. The van der Waals surface area contributed by atoms with Crippen LogP contribution >= 0.6 is 27.7 Å². The van der Waals surface area contributed by atoms with Gasteiger partial charge in [0.1, 0.15) is 0 Å². The lowest BCUT2D eigenvalue weighted by molar-refractivity contribution is 0.0993. The van der Waals surface area contributed by atoms with Gasteiger partial charge in [-0.3, -0.25) is 4.79 Å². The number of carbonyl (C=O) groups is 1. The minimum atomic E-state index is 0.0780. The zero-order valence-corrected chi connectivity index (χ0v) is 13.1. The first-order valence-electron chi connectivity index (χ1n) is 6.62. The Hall–Kier alpha value is -0.280. The summed E-state index contributed by atoms with van der Waals surface area (Å²) in [5, 5.41) is 0.766. The fourth-order valence-corrected chi connectivity index (χ4v) is 4.11. The molecule has 1 fully saturated rings. The van der Waals surface area contributed by atoms with Crippen LogP contribution in [0.25, 0.3) is 0 Å². The average molecular weight is 327 g/mol. The van der Waals surface area contributed by atoms with E-state index in [1.807, 2.05) is 43.0 Å². The predicted octanol–water partition coefficient (Wildman–Crippen LogP) is 5.09. The van der Waals surface area contributed by atoms with E-state index in [4.69, 9.17) is 0 Å². The van der Waals surface area contributed by atoms with Crippen molar-refractivity contribution in [2.45, 2.75) is 49.5 Å². The number of thioether (sulfide) groups is 1. The molecule has 1 unspecified atom stereocenters. The van der Waals surface area contributed by atoms with Crippen molar-refractivity contribution in [1.82, 2.24) is 0 Å². The first-order valence-corrected chi connectivity index (χ1v) is 8.35. The highest BCUT2D eigenvalue weighted by Crippen LogP contribution is 2.32. The largest absolute Gasteiger partial charge is 0.293 e. The molecule has 0 heterocycles. The smallest absolute Gasteiger partial charge is 0.175 e. The van der Waals surface area contributed by atoms with Crippen molar-refractivity contribution in [2.75, 3.05) is 0 Å². The zero-order chi connectivity index (χ0) is 13.0. The van der Waals surface area contributed by atoms with Gasteiger partial charge < -0.3 is 0 Å². The summed E-state index contributed by atoms with van der Waals surface area (Å²) in [5.41, 5.74) is 0.828. The second kappa shape index (κ2) is 6.76. The molecular formula is C15H19BrOS. The fourth-order valence-electron chi connectivity index (χ4n) is 2.40. The molecule has 0 radical (unpaired) electrons. The second-order valence-electron chi connectivity index (χ2n) is 4.91. The summed E-state index contributed by atoms with van der Waals surface area (Å²) in [6.45, 7) is 2.05. The molecule has 18 heavy (non-hydrogen) atoms. The Morgan fingerprint density at radius 3 is 2.44 bits per heavy atom. The number of hydrogen-bond donors (Lipinski definition) is 0. The van der Waals surface area contributed by atoms with Gasteiger partial charge in [0.05, 0.1) is 5.25 Å². The summed E-state index contributed by atoms with van der Waals surface area (Å²) in [5.74, 6) is 0.262. The number of rotatable bonds is 4. The predicted molar refractivity (Wildman–Crippen MR) is 82.4 cm³/mol. The summed E-state index contributed by atoms with van der Waals surface area (Å²) in [6, 6.07) is 7.69. The lowest BCUT2D eigenvalue weighted by atomic mass is 10.0. The fraction of sp³-hybridized carbons (Fsp3) is 0.533. The van der Waals surface area contributed by atoms with Gasteiger partial charge in [0.25, 0.3) is 0 Å². The Morgan fingerprint density at radius 2 is 1.83 bits per heavy atom. The monoisotopic (exact) mass is 326 g/mol. The molecular weight excluding hydrogens is 308 g/mol. The summed E-state index contributed by atoms with van der Waals surface area (Å²) in [4.78, 5) is 12.3. The molecule has 0 bridgehead atoms. The van der Waals surface area contributed by atoms with Crippen LogP contribution in [-0.4, -0.2) is 16.3 Å². The van der Waals surface area contributed by atoms with Crippen molar-refractivity contribution < 1.29 is 4.79 Å². The van der Waals surface area contributed by atoms with Crippen LogP contribution < -0.4 is 0 Å². The minimum Gasteiger partial charge on any atom is -0.293 e. The van der Waals surface area contributed by atoms with Gasteiger partial charge >= 0.3 is 0 Å². The summed E-state index contributed by atoms with van der Waals surface area (Å²) in [6.07, 6.45) is 6.59.